The Kier molecular flexibility index (Phi) is 4.66. The molecule has 1 N–H and O–H groups in total. The number of amides is 1. The Morgan fingerprint density at radius 1 is 1.21 bits per heavy atom. The van der Waals surface area contributed by atoms with E-state index in [9.17, 15) is 4.79 Å². The zero-order valence-corrected chi connectivity index (χ0v) is 11.6. The number of nitrogens with one attached hydrogen (secondary N) is 1. The zero-order valence-electron chi connectivity index (χ0n) is 10.7. The van der Waals surface area contributed by atoms with Gasteiger partial charge in [0.2, 0.25) is 0 Å². The molecule has 2 saturated heterocycles. The molecule has 0 radical (unpaired) electrons. The van der Waals surface area contributed by atoms with E-state index in [0.717, 1.165) is 31.7 Å². The number of hydrogen-bond acceptors (Lipinski definition) is 3. The Morgan fingerprint density at radius 3 is 2.47 bits per heavy atom. The van der Waals surface area contributed by atoms with E-state index in [1.165, 1.54) is 0 Å². The molecule has 104 valence electrons. The second-order valence-corrected chi connectivity index (χ2v) is 5.12. The van der Waals surface area contributed by atoms with Crippen LogP contribution in [0.1, 0.15) is 5.56 Å². The number of ether oxygens (including phenoxy) is 1. The molecule has 0 bridgehead atoms. The first kappa shape index (κ1) is 14.2. The van der Waals surface area contributed by atoms with Gasteiger partial charge in [0.15, 0.2) is 0 Å². The molecule has 2 unspecified atom stereocenters. The van der Waals surface area contributed by atoms with Crippen LogP contribution in [0.25, 0.3) is 0 Å². The summed E-state index contributed by atoms with van der Waals surface area (Å²) in [6.07, 6.45) is -0.173. The summed E-state index contributed by atoms with van der Waals surface area (Å²) in [5.74, 6) is 1.24. The predicted octanol–water partition coefficient (Wildman–Crippen LogP) is 1.90. The normalized spacial score (nSPS) is 24.7. The Bertz CT molecular complexity index is 415. The standard InChI is InChI=1S/C14H18N2O2.ClH/c17-14(18-10-11-4-2-1-3-5-11)16-8-12-6-15-7-13(12)9-16;/h1-5,12-13,15H,6-10H2;1H. The highest BCUT2D eigenvalue weighted by Gasteiger charge is 2.38. The lowest BCUT2D eigenvalue weighted by atomic mass is 10.0. The van der Waals surface area contributed by atoms with Gasteiger partial charge in [0.1, 0.15) is 6.61 Å². The quantitative estimate of drug-likeness (QED) is 0.901. The van der Waals surface area contributed by atoms with E-state index in [-0.39, 0.29) is 18.5 Å². The Hall–Kier alpha value is -1.26. The monoisotopic (exact) mass is 282 g/mol. The lowest BCUT2D eigenvalue weighted by molar-refractivity contribution is 0.102. The van der Waals surface area contributed by atoms with Gasteiger partial charge in [0, 0.05) is 26.2 Å². The summed E-state index contributed by atoms with van der Waals surface area (Å²) in [4.78, 5) is 13.8. The second kappa shape index (κ2) is 6.26. The number of fused-ring (bicyclic) bond motifs is 1. The van der Waals surface area contributed by atoms with Gasteiger partial charge in [-0.05, 0) is 17.4 Å². The van der Waals surface area contributed by atoms with E-state index in [1.54, 1.807) is 0 Å². The van der Waals surface area contributed by atoms with E-state index >= 15 is 0 Å². The molecule has 0 spiro atoms. The van der Waals surface area contributed by atoms with Gasteiger partial charge in [0.05, 0.1) is 0 Å². The number of carbonyl (C=O) groups excluding carboxylic acids is 1. The fourth-order valence-electron chi connectivity index (χ4n) is 2.82. The van der Waals surface area contributed by atoms with Gasteiger partial charge in [-0.15, -0.1) is 12.4 Å². The number of nitrogens with zero attached hydrogens (tertiary/aromatic N) is 1. The van der Waals surface area contributed by atoms with Gasteiger partial charge < -0.3 is 15.0 Å². The highest BCUT2D eigenvalue weighted by molar-refractivity contribution is 5.85. The molecule has 19 heavy (non-hydrogen) atoms. The minimum Gasteiger partial charge on any atom is -0.445 e. The highest BCUT2D eigenvalue weighted by Crippen LogP contribution is 2.26. The summed E-state index contributed by atoms with van der Waals surface area (Å²) < 4.78 is 5.34. The predicted molar refractivity (Wildman–Crippen MR) is 75.3 cm³/mol. The molecule has 2 aliphatic heterocycles. The van der Waals surface area contributed by atoms with Crippen LogP contribution in [0.3, 0.4) is 0 Å². The Balaban J connectivity index is 0.00000133. The van der Waals surface area contributed by atoms with Crippen molar-refractivity contribution in [3.05, 3.63) is 35.9 Å². The third-order valence-electron chi connectivity index (χ3n) is 3.85. The molecule has 2 fully saturated rings. The molecule has 1 amide bonds. The molecule has 0 saturated carbocycles. The Labute approximate surface area is 119 Å². The number of carbonyl (C=O) groups is 1. The smallest absolute Gasteiger partial charge is 0.410 e. The maximum atomic E-state index is 11.9. The highest BCUT2D eigenvalue weighted by atomic mass is 35.5. The van der Waals surface area contributed by atoms with Gasteiger partial charge >= 0.3 is 6.09 Å². The van der Waals surface area contributed by atoms with Gasteiger partial charge in [-0.1, -0.05) is 30.3 Å². The van der Waals surface area contributed by atoms with Crippen molar-refractivity contribution in [2.45, 2.75) is 6.61 Å². The third-order valence-corrected chi connectivity index (χ3v) is 3.85. The summed E-state index contributed by atoms with van der Waals surface area (Å²) in [5.41, 5.74) is 1.03. The van der Waals surface area contributed by atoms with Crippen LogP contribution in [0.4, 0.5) is 4.79 Å². The SMILES string of the molecule is Cl.O=C(OCc1ccccc1)N1CC2CNCC2C1. The molecule has 2 heterocycles. The van der Waals surface area contributed by atoms with Crippen LogP contribution >= 0.6 is 12.4 Å². The van der Waals surface area contributed by atoms with Crippen LogP contribution in [0.5, 0.6) is 0 Å². The van der Waals surface area contributed by atoms with E-state index in [2.05, 4.69) is 5.32 Å². The molecule has 1 aromatic rings. The van der Waals surface area contributed by atoms with Gasteiger partial charge in [0.25, 0.3) is 0 Å². The number of rotatable bonds is 2. The molecule has 5 heteroatoms. The third kappa shape index (κ3) is 3.19. The minimum atomic E-state index is -0.173. The van der Waals surface area contributed by atoms with Crippen molar-refractivity contribution in [3.8, 4) is 0 Å². The van der Waals surface area contributed by atoms with Crippen LogP contribution in [0.2, 0.25) is 0 Å². The lowest BCUT2D eigenvalue weighted by Crippen LogP contribution is -2.32. The average Bonchev–Trinajstić information content (AvgIpc) is 2.98. The molecule has 4 nitrogen and oxygen atoms in total. The second-order valence-electron chi connectivity index (χ2n) is 5.12. The lowest BCUT2D eigenvalue weighted by Gasteiger charge is -2.17. The average molecular weight is 283 g/mol. The maximum Gasteiger partial charge on any atom is 0.410 e. The van der Waals surface area contributed by atoms with Crippen LogP contribution in [0.15, 0.2) is 30.3 Å². The molecule has 2 aliphatic rings. The van der Waals surface area contributed by atoms with Crippen molar-refractivity contribution in [1.29, 1.82) is 0 Å². The van der Waals surface area contributed by atoms with Gasteiger partial charge in [-0.25, -0.2) is 4.79 Å². The van der Waals surface area contributed by atoms with Gasteiger partial charge in [-0.3, -0.25) is 0 Å². The van der Waals surface area contributed by atoms with Gasteiger partial charge in [-0.2, -0.15) is 0 Å². The van der Waals surface area contributed by atoms with E-state index < -0.39 is 0 Å². The first-order valence-electron chi connectivity index (χ1n) is 6.49. The first-order valence-corrected chi connectivity index (χ1v) is 6.49. The zero-order chi connectivity index (χ0) is 12.4. The van der Waals surface area contributed by atoms with Crippen LogP contribution in [-0.4, -0.2) is 37.2 Å². The molecule has 0 aliphatic carbocycles. The largest absolute Gasteiger partial charge is 0.445 e. The van der Waals surface area contributed by atoms with Crippen LogP contribution in [-0.2, 0) is 11.3 Å². The molecular formula is C14H19ClN2O2. The summed E-state index contributed by atoms with van der Waals surface area (Å²) in [6, 6.07) is 9.80. The molecule has 3 rings (SSSR count). The minimum absolute atomic E-state index is 0. The summed E-state index contributed by atoms with van der Waals surface area (Å²) in [6.45, 7) is 4.11. The number of benzene rings is 1. The Morgan fingerprint density at radius 2 is 1.84 bits per heavy atom. The van der Waals surface area contributed by atoms with Crippen molar-refractivity contribution < 1.29 is 9.53 Å². The topological polar surface area (TPSA) is 41.6 Å². The number of hydrogen-bond donors (Lipinski definition) is 1. The van der Waals surface area contributed by atoms with Crippen molar-refractivity contribution >= 4 is 18.5 Å². The van der Waals surface area contributed by atoms with Crippen molar-refractivity contribution in [3.63, 3.8) is 0 Å². The number of halogens is 1. The van der Waals surface area contributed by atoms with Crippen molar-refractivity contribution in [2.75, 3.05) is 26.2 Å². The summed E-state index contributed by atoms with van der Waals surface area (Å²) >= 11 is 0. The summed E-state index contributed by atoms with van der Waals surface area (Å²) in [5, 5.41) is 3.36. The molecule has 0 aromatic heterocycles. The molecular weight excluding hydrogens is 264 g/mol. The van der Waals surface area contributed by atoms with E-state index in [4.69, 9.17) is 4.74 Å². The van der Waals surface area contributed by atoms with Crippen molar-refractivity contribution in [2.24, 2.45) is 11.8 Å². The number of likely N-dealkylation sites (tertiary alicyclic amines) is 1. The van der Waals surface area contributed by atoms with Crippen LogP contribution < -0.4 is 5.32 Å². The van der Waals surface area contributed by atoms with Crippen LogP contribution in [0, 0.1) is 11.8 Å². The molecule has 1 aromatic carbocycles. The maximum absolute atomic E-state index is 11.9. The first-order chi connectivity index (χ1) is 8.83. The van der Waals surface area contributed by atoms with Crippen molar-refractivity contribution in [1.82, 2.24) is 10.2 Å². The summed E-state index contributed by atoms with van der Waals surface area (Å²) in [7, 11) is 0. The van der Waals surface area contributed by atoms with E-state index in [1.807, 2.05) is 35.2 Å². The fourth-order valence-corrected chi connectivity index (χ4v) is 2.82. The molecule has 2 atom stereocenters. The fraction of sp³-hybridized carbons (Fsp3) is 0.500. The van der Waals surface area contributed by atoms with E-state index in [0.29, 0.717) is 18.4 Å².